The fourth-order valence-corrected chi connectivity index (χ4v) is 4.79. The average Bonchev–Trinajstić information content (AvgIpc) is 2.83. The molecule has 1 heterocycles. The highest BCUT2D eigenvalue weighted by atomic mass is 32.2. The lowest BCUT2D eigenvalue weighted by atomic mass is 10.2. The van der Waals surface area contributed by atoms with Crippen molar-refractivity contribution in [2.45, 2.75) is 23.5 Å². The Morgan fingerprint density at radius 2 is 1.81 bits per heavy atom. The lowest BCUT2D eigenvalue weighted by Crippen LogP contribution is -2.31. The molecule has 1 atom stereocenters. The lowest BCUT2D eigenvalue weighted by Gasteiger charge is -2.18. The summed E-state index contributed by atoms with van der Waals surface area (Å²) in [7, 11) is -3.73. The number of ether oxygens (including phenoxy) is 1. The predicted octanol–water partition coefficient (Wildman–Crippen LogP) is 4.22. The van der Waals surface area contributed by atoms with Crippen molar-refractivity contribution >= 4 is 21.8 Å². The zero-order chi connectivity index (χ0) is 22.8. The van der Waals surface area contributed by atoms with Gasteiger partial charge in [0, 0.05) is 30.6 Å². The van der Waals surface area contributed by atoms with Gasteiger partial charge in [-0.1, -0.05) is 49.4 Å². The van der Waals surface area contributed by atoms with Crippen molar-refractivity contribution in [1.29, 1.82) is 0 Å². The van der Waals surface area contributed by atoms with Crippen LogP contribution >= 0.6 is 0 Å². The fourth-order valence-electron chi connectivity index (χ4n) is 3.13. The van der Waals surface area contributed by atoms with Crippen LogP contribution in [0.25, 0.3) is 6.08 Å². The normalized spacial score (nSPS) is 12.4. The van der Waals surface area contributed by atoms with E-state index in [1.54, 1.807) is 54.7 Å². The van der Waals surface area contributed by atoms with Crippen LogP contribution in [0.5, 0.6) is 5.75 Å². The van der Waals surface area contributed by atoms with Gasteiger partial charge in [-0.15, -0.1) is 0 Å². The molecule has 0 spiro atoms. The van der Waals surface area contributed by atoms with Gasteiger partial charge in [0.25, 0.3) is 0 Å². The summed E-state index contributed by atoms with van der Waals surface area (Å²) in [4.78, 5) is 16.7. The van der Waals surface area contributed by atoms with E-state index in [0.717, 1.165) is 12.0 Å². The third kappa shape index (κ3) is 6.04. The fraction of sp³-hybridized carbons (Fsp3) is 0.200. The van der Waals surface area contributed by atoms with Gasteiger partial charge in [0.1, 0.15) is 11.0 Å². The number of carbonyl (C=O) groups excluding carboxylic acids is 1. The van der Waals surface area contributed by atoms with E-state index in [2.05, 4.69) is 10.3 Å². The Morgan fingerprint density at radius 1 is 1.06 bits per heavy atom. The number of amides is 1. The van der Waals surface area contributed by atoms with E-state index >= 15 is 0 Å². The van der Waals surface area contributed by atoms with Crippen molar-refractivity contribution in [2.75, 3.05) is 13.2 Å². The van der Waals surface area contributed by atoms with Crippen molar-refractivity contribution < 1.29 is 17.9 Å². The van der Waals surface area contributed by atoms with E-state index in [1.807, 2.05) is 31.2 Å². The van der Waals surface area contributed by atoms with Gasteiger partial charge in [-0.2, -0.15) is 0 Å². The Balaban J connectivity index is 1.76. The molecule has 2 aromatic carbocycles. The number of para-hydroxylation sites is 1. The van der Waals surface area contributed by atoms with Gasteiger partial charge in [-0.3, -0.25) is 9.78 Å². The molecule has 7 heteroatoms. The number of rotatable bonds is 10. The molecule has 0 aliphatic heterocycles. The Hall–Kier alpha value is -3.45. The Bertz CT molecular complexity index is 1150. The van der Waals surface area contributed by atoms with Crippen LogP contribution in [0.1, 0.15) is 29.7 Å². The van der Waals surface area contributed by atoms with Crippen LogP contribution in [0.3, 0.4) is 0 Å². The molecule has 6 nitrogen and oxygen atoms in total. The monoisotopic (exact) mass is 450 g/mol. The summed E-state index contributed by atoms with van der Waals surface area (Å²) in [5, 5.41) is 1.75. The molecule has 0 radical (unpaired) electrons. The Morgan fingerprint density at radius 3 is 2.53 bits per heavy atom. The molecule has 0 saturated carbocycles. The second-order valence-corrected chi connectivity index (χ2v) is 9.23. The van der Waals surface area contributed by atoms with Crippen LogP contribution in [0, 0.1) is 0 Å². The standard InChI is InChI=1S/C25H26N2O4S/c1-2-17-31-23-13-7-6-9-20(23)14-15-25(28)27-19-24(21-10-8-16-26-18-21)32(29,30)22-11-4-3-5-12-22/h3-16,18,24H,2,17,19H2,1H3,(H,27,28)/b15-14+. The van der Waals surface area contributed by atoms with E-state index in [-0.39, 0.29) is 11.4 Å². The van der Waals surface area contributed by atoms with Crippen LogP contribution in [-0.2, 0) is 14.6 Å². The van der Waals surface area contributed by atoms with Crippen LogP contribution < -0.4 is 10.1 Å². The van der Waals surface area contributed by atoms with Gasteiger partial charge in [-0.05, 0) is 42.3 Å². The molecule has 0 fully saturated rings. The first kappa shape index (κ1) is 23.2. The van der Waals surface area contributed by atoms with Gasteiger partial charge in [0.15, 0.2) is 9.84 Å². The van der Waals surface area contributed by atoms with Crippen molar-refractivity contribution in [3.05, 3.63) is 96.3 Å². The zero-order valence-corrected chi connectivity index (χ0v) is 18.7. The molecular weight excluding hydrogens is 424 g/mol. The van der Waals surface area contributed by atoms with Gasteiger partial charge in [-0.25, -0.2) is 8.42 Å². The van der Waals surface area contributed by atoms with Crippen molar-refractivity contribution in [2.24, 2.45) is 0 Å². The quantitative estimate of drug-likeness (QED) is 0.468. The number of nitrogens with one attached hydrogen (secondary N) is 1. The number of hydrogen-bond acceptors (Lipinski definition) is 5. The SMILES string of the molecule is CCCOc1ccccc1/C=C/C(=O)NCC(c1cccnc1)S(=O)(=O)c1ccccc1. The summed E-state index contributed by atoms with van der Waals surface area (Å²) >= 11 is 0. The van der Waals surface area contributed by atoms with Gasteiger partial charge in [0.05, 0.1) is 11.5 Å². The summed E-state index contributed by atoms with van der Waals surface area (Å²) in [5.74, 6) is 0.297. The minimum absolute atomic E-state index is 0.0833. The van der Waals surface area contributed by atoms with Crippen molar-refractivity contribution in [1.82, 2.24) is 10.3 Å². The number of sulfone groups is 1. The highest BCUT2D eigenvalue weighted by Crippen LogP contribution is 2.28. The summed E-state index contributed by atoms with van der Waals surface area (Å²) in [6.07, 6.45) is 7.00. The minimum Gasteiger partial charge on any atom is -0.493 e. The van der Waals surface area contributed by atoms with Crippen LogP contribution in [0.4, 0.5) is 0 Å². The summed E-state index contributed by atoms with van der Waals surface area (Å²) < 4.78 is 32.2. The molecule has 0 bridgehead atoms. The maximum atomic E-state index is 13.3. The number of pyridine rings is 1. The molecule has 0 aliphatic rings. The third-order valence-electron chi connectivity index (χ3n) is 4.76. The number of nitrogens with zero attached hydrogens (tertiary/aromatic N) is 1. The molecule has 0 saturated heterocycles. The van der Waals surface area contributed by atoms with E-state index in [1.165, 1.54) is 12.3 Å². The topological polar surface area (TPSA) is 85.4 Å². The molecule has 1 unspecified atom stereocenters. The third-order valence-corrected chi connectivity index (χ3v) is 6.88. The molecular formula is C25H26N2O4S. The summed E-state index contributed by atoms with van der Waals surface area (Å²) in [6, 6.07) is 19.0. The largest absolute Gasteiger partial charge is 0.493 e. The number of hydrogen-bond donors (Lipinski definition) is 1. The number of carbonyl (C=O) groups is 1. The first-order valence-electron chi connectivity index (χ1n) is 10.4. The predicted molar refractivity (Wildman–Crippen MR) is 125 cm³/mol. The zero-order valence-electron chi connectivity index (χ0n) is 17.8. The average molecular weight is 451 g/mol. The van der Waals surface area contributed by atoms with Gasteiger partial charge >= 0.3 is 0 Å². The Labute approximate surface area is 188 Å². The highest BCUT2D eigenvalue weighted by Gasteiger charge is 2.29. The maximum Gasteiger partial charge on any atom is 0.244 e. The molecule has 166 valence electrons. The minimum atomic E-state index is -3.73. The maximum absolute atomic E-state index is 13.3. The lowest BCUT2D eigenvalue weighted by molar-refractivity contribution is -0.116. The first-order chi connectivity index (χ1) is 15.5. The molecule has 1 N–H and O–H groups in total. The van der Waals surface area contributed by atoms with Gasteiger partial charge in [0.2, 0.25) is 5.91 Å². The van der Waals surface area contributed by atoms with Crippen molar-refractivity contribution in [3.63, 3.8) is 0 Å². The first-order valence-corrected chi connectivity index (χ1v) is 11.9. The van der Waals surface area contributed by atoms with E-state index < -0.39 is 21.0 Å². The number of aromatic nitrogens is 1. The van der Waals surface area contributed by atoms with Crippen LogP contribution in [-0.4, -0.2) is 32.5 Å². The second kappa shape index (κ2) is 11.2. The molecule has 1 aromatic heterocycles. The smallest absolute Gasteiger partial charge is 0.244 e. The van der Waals surface area contributed by atoms with Crippen molar-refractivity contribution in [3.8, 4) is 5.75 Å². The molecule has 3 aromatic rings. The van der Waals surface area contributed by atoms with E-state index in [9.17, 15) is 13.2 Å². The molecule has 0 aliphatic carbocycles. The molecule has 1 amide bonds. The van der Waals surface area contributed by atoms with Gasteiger partial charge < -0.3 is 10.1 Å². The van der Waals surface area contributed by atoms with Crippen LogP contribution in [0.2, 0.25) is 0 Å². The summed E-state index contributed by atoms with van der Waals surface area (Å²) in [5.41, 5.74) is 1.29. The molecule has 3 rings (SSSR count). The van der Waals surface area contributed by atoms with Crippen LogP contribution in [0.15, 0.2) is 90.1 Å². The Kier molecular flexibility index (Phi) is 8.16. The molecule has 32 heavy (non-hydrogen) atoms. The van der Waals surface area contributed by atoms with E-state index in [4.69, 9.17) is 4.74 Å². The highest BCUT2D eigenvalue weighted by molar-refractivity contribution is 7.91. The second-order valence-electron chi connectivity index (χ2n) is 7.10. The summed E-state index contributed by atoms with van der Waals surface area (Å²) in [6.45, 7) is 2.52. The number of benzene rings is 2. The van der Waals surface area contributed by atoms with E-state index in [0.29, 0.717) is 17.9 Å².